The van der Waals surface area contributed by atoms with Crippen molar-refractivity contribution in [3.05, 3.63) is 29.0 Å². The molecule has 13 heavy (non-hydrogen) atoms. The zero-order valence-corrected chi connectivity index (χ0v) is 8.04. The van der Waals surface area contributed by atoms with Gasteiger partial charge in [-0.2, -0.15) is 0 Å². The molecule has 1 saturated carbocycles. The lowest BCUT2D eigenvalue weighted by Gasteiger charge is -2.13. The van der Waals surface area contributed by atoms with Gasteiger partial charge in [-0.3, -0.25) is 0 Å². The van der Waals surface area contributed by atoms with E-state index in [1.165, 1.54) is 0 Å². The van der Waals surface area contributed by atoms with E-state index < -0.39 is 0 Å². The maximum atomic E-state index is 9.65. The number of hydrogen-bond donors (Lipinski definition) is 1. The van der Waals surface area contributed by atoms with Crippen molar-refractivity contribution in [3.8, 4) is 0 Å². The number of aliphatic hydroxyl groups excluding tert-OH is 1. The Morgan fingerprint density at radius 1 is 1.38 bits per heavy atom. The molecule has 0 spiro atoms. The van der Waals surface area contributed by atoms with Gasteiger partial charge in [0.25, 0.3) is 0 Å². The molecule has 70 valence electrons. The molecule has 3 heteroatoms. The van der Waals surface area contributed by atoms with Gasteiger partial charge in [-0.05, 0) is 24.5 Å². The highest BCUT2D eigenvalue weighted by molar-refractivity contribution is 6.29. The first-order valence-corrected chi connectivity index (χ1v) is 4.94. The van der Waals surface area contributed by atoms with Gasteiger partial charge in [0.15, 0.2) is 0 Å². The van der Waals surface area contributed by atoms with Gasteiger partial charge in [-0.1, -0.05) is 24.1 Å². The molecule has 1 aromatic rings. The second-order valence-corrected chi connectivity index (χ2v) is 3.91. The van der Waals surface area contributed by atoms with Crippen molar-refractivity contribution in [2.24, 2.45) is 0 Å². The molecule has 0 aromatic carbocycles. The van der Waals surface area contributed by atoms with Crippen LogP contribution < -0.4 is 0 Å². The largest absolute Gasteiger partial charge is 0.392 e. The predicted octanol–water partition coefficient (Wildman–Crippen LogP) is 2.36. The summed E-state index contributed by atoms with van der Waals surface area (Å²) in [5.74, 6) is 0.268. The highest BCUT2D eigenvalue weighted by Crippen LogP contribution is 2.34. The maximum absolute atomic E-state index is 9.65. The Hall–Kier alpha value is -0.600. The van der Waals surface area contributed by atoms with Gasteiger partial charge in [-0.25, -0.2) is 4.98 Å². The third-order valence-corrected chi connectivity index (χ3v) is 2.88. The molecule has 1 heterocycles. The summed E-state index contributed by atoms with van der Waals surface area (Å²) in [6, 6.07) is 3.73. The van der Waals surface area contributed by atoms with Crippen molar-refractivity contribution < 1.29 is 5.11 Å². The van der Waals surface area contributed by atoms with Gasteiger partial charge in [0.2, 0.25) is 0 Å². The van der Waals surface area contributed by atoms with E-state index in [1.807, 2.05) is 6.07 Å². The summed E-state index contributed by atoms with van der Waals surface area (Å²) in [4.78, 5) is 4.01. The highest BCUT2D eigenvalue weighted by Gasteiger charge is 2.26. The summed E-state index contributed by atoms with van der Waals surface area (Å²) in [6.45, 7) is 0. The van der Waals surface area contributed by atoms with E-state index in [-0.39, 0.29) is 12.0 Å². The molecular formula is C10H12ClNO. The Kier molecular flexibility index (Phi) is 2.51. The number of nitrogens with zero attached hydrogens (tertiary/aromatic N) is 1. The fourth-order valence-electron chi connectivity index (χ4n) is 1.94. The molecule has 0 radical (unpaired) electrons. The van der Waals surface area contributed by atoms with E-state index in [0.717, 1.165) is 24.8 Å². The number of pyridine rings is 1. The van der Waals surface area contributed by atoms with Crippen molar-refractivity contribution in [2.45, 2.75) is 31.3 Å². The molecule has 0 saturated heterocycles. The Balaban J connectivity index is 2.20. The van der Waals surface area contributed by atoms with E-state index in [9.17, 15) is 5.11 Å². The second-order valence-electron chi connectivity index (χ2n) is 3.52. The molecule has 1 fully saturated rings. The molecule has 0 unspecified atom stereocenters. The van der Waals surface area contributed by atoms with Crippen molar-refractivity contribution in [1.82, 2.24) is 4.98 Å². The van der Waals surface area contributed by atoms with Gasteiger partial charge in [0.1, 0.15) is 5.15 Å². The van der Waals surface area contributed by atoms with Gasteiger partial charge in [-0.15, -0.1) is 0 Å². The van der Waals surface area contributed by atoms with E-state index in [0.29, 0.717) is 5.15 Å². The number of aromatic nitrogens is 1. The van der Waals surface area contributed by atoms with Crippen LogP contribution in [0, 0.1) is 0 Å². The molecule has 2 nitrogen and oxygen atoms in total. The standard InChI is InChI=1S/C10H12ClNO/c11-10-5-4-7(6-12-10)8-2-1-3-9(8)13/h4-6,8-9,13H,1-3H2/t8-,9+/m1/s1. The van der Waals surface area contributed by atoms with Crippen LogP contribution >= 0.6 is 11.6 Å². The number of hydrogen-bond acceptors (Lipinski definition) is 2. The summed E-state index contributed by atoms with van der Waals surface area (Å²) in [6.07, 6.45) is 4.65. The molecule has 0 aliphatic heterocycles. The number of halogens is 1. The summed E-state index contributed by atoms with van der Waals surface area (Å²) >= 11 is 5.68. The third kappa shape index (κ3) is 1.84. The predicted molar refractivity (Wildman–Crippen MR) is 51.8 cm³/mol. The van der Waals surface area contributed by atoms with Crippen molar-refractivity contribution in [2.75, 3.05) is 0 Å². The smallest absolute Gasteiger partial charge is 0.129 e. The minimum Gasteiger partial charge on any atom is -0.392 e. The molecule has 1 N–H and O–H groups in total. The third-order valence-electron chi connectivity index (χ3n) is 2.66. The Labute approximate surface area is 82.6 Å². The lowest BCUT2D eigenvalue weighted by atomic mass is 9.98. The molecule has 1 aliphatic carbocycles. The first-order valence-electron chi connectivity index (χ1n) is 4.57. The quantitative estimate of drug-likeness (QED) is 0.702. The molecule has 2 atom stereocenters. The minimum atomic E-state index is -0.192. The van der Waals surface area contributed by atoms with E-state index in [4.69, 9.17) is 11.6 Å². The Morgan fingerprint density at radius 3 is 2.77 bits per heavy atom. The summed E-state index contributed by atoms with van der Waals surface area (Å²) < 4.78 is 0. The van der Waals surface area contributed by atoms with E-state index in [2.05, 4.69) is 4.98 Å². The van der Waals surface area contributed by atoms with Crippen LogP contribution in [0.5, 0.6) is 0 Å². The Morgan fingerprint density at radius 2 is 2.23 bits per heavy atom. The highest BCUT2D eigenvalue weighted by atomic mass is 35.5. The second kappa shape index (κ2) is 3.64. The molecule has 0 amide bonds. The van der Waals surface area contributed by atoms with Crippen LogP contribution in [0.4, 0.5) is 0 Å². The van der Waals surface area contributed by atoms with E-state index in [1.54, 1.807) is 12.3 Å². The van der Waals surface area contributed by atoms with Gasteiger partial charge in [0, 0.05) is 12.1 Å². The first kappa shape index (κ1) is 8.97. The van der Waals surface area contributed by atoms with Gasteiger partial charge in [0.05, 0.1) is 6.10 Å². The number of rotatable bonds is 1. The van der Waals surface area contributed by atoms with Crippen molar-refractivity contribution in [1.29, 1.82) is 0 Å². The summed E-state index contributed by atoms with van der Waals surface area (Å²) in [5, 5.41) is 10.2. The van der Waals surface area contributed by atoms with Crippen LogP contribution in [-0.2, 0) is 0 Å². The fourth-order valence-corrected chi connectivity index (χ4v) is 2.05. The summed E-state index contributed by atoms with van der Waals surface area (Å²) in [5.41, 5.74) is 1.11. The molecule has 2 rings (SSSR count). The van der Waals surface area contributed by atoms with Crippen LogP contribution in [0.3, 0.4) is 0 Å². The SMILES string of the molecule is O[C@H]1CCC[C@@H]1c1ccc(Cl)nc1. The zero-order valence-electron chi connectivity index (χ0n) is 7.28. The minimum absolute atomic E-state index is 0.192. The van der Waals surface area contributed by atoms with Crippen LogP contribution in [0.2, 0.25) is 5.15 Å². The molecule has 1 aliphatic rings. The average molecular weight is 198 g/mol. The monoisotopic (exact) mass is 197 g/mol. The van der Waals surface area contributed by atoms with Crippen molar-refractivity contribution in [3.63, 3.8) is 0 Å². The number of aliphatic hydroxyl groups is 1. The fraction of sp³-hybridized carbons (Fsp3) is 0.500. The topological polar surface area (TPSA) is 33.1 Å². The van der Waals surface area contributed by atoms with Crippen LogP contribution in [-0.4, -0.2) is 16.2 Å². The summed E-state index contributed by atoms with van der Waals surface area (Å²) in [7, 11) is 0. The molecular weight excluding hydrogens is 186 g/mol. The maximum Gasteiger partial charge on any atom is 0.129 e. The van der Waals surface area contributed by atoms with E-state index >= 15 is 0 Å². The van der Waals surface area contributed by atoms with Gasteiger partial charge >= 0.3 is 0 Å². The van der Waals surface area contributed by atoms with Crippen molar-refractivity contribution >= 4 is 11.6 Å². The van der Waals surface area contributed by atoms with Crippen LogP contribution in [0.1, 0.15) is 30.7 Å². The molecule has 1 aromatic heterocycles. The average Bonchev–Trinajstić information content (AvgIpc) is 2.53. The van der Waals surface area contributed by atoms with Crippen LogP contribution in [0.25, 0.3) is 0 Å². The lowest BCUT2D eigenvalue weighted by molar-refractivity contribution is 0.163. The lowest BCUT2D eigenvalue weighted by Crippen LogP contribution is -2.10. The van der Waals surface area contributed by atoms with Crippen LogP contribution in [0.15, 0.2) is 18.3 Å². The first-order chi connectivity index (χ1) is 6.27. The zero-order chi connectivity index (χ0) is 9.26. The molecule has 0 bridgehead atoms. The Bertz CT molecular complexity index is 285. The normalized spacial score (nSPS) is 27.8. The van der Waals surface area contributed by atoms with Gasteiger partial charge < -0.3 is 5.11 Å².